The Bertz CT molecular complexity index is 883. The second-order valence-corrected chi connectivity index (χ2v) is 5.86. The van der Waals surface area contributed by atoms with E-state index >= 15 is 0 Å². The van der Waals surface area contributed by atoms with E-state index in [2.05, 4.69) is 22.7 Å². The Morgan fingerprint density at radius 3 is 2.38 bits per heavy atom. The average molecular weight is 408 g/mol. The lowest BCUT2D eigenvalue weighted by Gasteiger charge is -2.13. The Morgan fingerprint density at radius 2 is 1.76 bits per heavy atom. The van der Waals surface area contributed by atoms with Crippen LogP contribution in [0.5, 0.6) is 5.75 Å². The summed E-state index contributed by atoms with van der Waals surface area (Å²) in [5.74, 6) is -0.666. The van der Waals surface area contributed by atoms with Crippen LogP contribution < -0.4 is 26.6 Å². The van der Waals surface area contributed by atoms with Crippen molar-refractivity contribution in [1.82, 2.24) is 10.9 Å². The summed E-state index contributed by atoms with van der Waals surface area (Å²) in [5.41, 5.74) is 10.4. The number of nitrogens with one attached hydrogen (secondary N) is 3. The smallest absolute Gasteiger partial charge is 0.416 e. The van der Waals surface area contributed by atoms with Crippen LogP contribution in [0.25, 0.3) is 5.70 Å². The zero-order valence-corrected chi connectivity index (χ0v) is 15.2. The number of amides is 2. The minimum Gasteiger partial charge on any atom is -0.484 e. The summed E-state index contributed by atoms with van der Waals surface area (Å²) in [6.07, 6.45) is -4.46. The summed E-state index contributed by atoms with van der Waals surface area (Å²) in [7, 11) is 0. The van der Waals surface area contributed by atoms with E-state index in [9.17, 15) is 22.8 Å². The maximum absolute atomic E-state index is 12.7. The van der Waals surface area contributed by atoms with E-state index in [1.165, 1.54) is 12.1 Å². The highest BCUT2D eigenvalue weighted by Crippen LogP contribution is 2.30. The molecule has 2 aromatic carbocycles. The molecule has 0 bridgehead atoms. The maximum Gasteiger partial charge on any atom is 0.416 e. The van der Waals surface area contributed by atoms with Crippen LogP contribution in [-0.4, -0.2) is 25.0 Å². The second-order valence-electron chi connectivity index (χ2n) is 5.86. The van der Waals surface area contributed by atoms with Gasteiger partial charge in [0, 0.05) is 5.69 Å². The molecule has 7 nitrogen and oxygen atoms in total. The molecular formula is C19H19F3N4O3. The Balaban J connectivity index is 1.80. The molecule has 2 amide bonds. The number of benzene rings is 2. The van der Waals surface area contributed by atoms with Crippen molar-refractivity contribution < 1.29 is 27.5 Å². The van der Waals surface area contributed by atoms with Crippen LogP contribution in [0.4, 0.5) is 18.9 Å². The number of alkyl halides is 3. The topological polar surface area (TPSA) is 105 Å². The van der Waals surface area contributed by atoms with Crippen molar-refractivity contribution in [2.24, 2.45) is 5.73 Å². The van der Waals surface area contributed by atoms with Crippen molar-refractivity contribution >= 4 is 23.2 Å². The van der Waals surface area contributed by atoms with Crippen molar-refractivity contribution in [1.29, 1.82) is 0 Å². The molecule has 0 aliphatic rings. The number of hydrazine groups is 1. The zero-order chi connectivity index (χ0) is 21.4. The second kappa shape index (κ2) is 9.49. The molecule has 0 unspecified atom stereocenters. The lowest BCUT2D eigenvalue weighted by atomic mass is 10.2. The van der Waals surface area contributed by atoms with Crippen molar-refractivity contribution in [2.45, 2.75) is 6.18 Å². The van der Waals surface area contributed by atoms with E-state index in [0.29, 0.717) is 17.0 Å². The van der Waals surface area contributed by atoms with Gasteiger partial charge in [-0.3, -0.25) is 20.4 Å². The molecule has 0 radical (unpaired) electrons. The van der Waals surface area contributed by atoms with E-state index < -0.39 is 23.6 Å². The molecule has 0 atom stereocenters. The fraction of sp³-hybridized carbons (Fsp3) is 0.158. The summed E-state index contributed by atoms with van der Waals surface area (Å²) in [4.78, 5) is 22.6. The SMILES string of the molecule is C=C(NNC(=O)CNc1cccc(C(F)(F)F)c1)c1ccc(OCC(N)=O)cc1. The van der Waals surface area contributed by atoms with E-state index in [-0.39, 0.29) is 18.8 Å². The quantitative estimate of drug-likeness (QED) is 0.477. The maximum atomic E-state index is 12.7. The van der Waals surface area contributed by atoms with Crippen molar-refractivity contribution in [3.8, 4) is 5.75 Å². The average Bonchev–Trinajstić information content (AvgIpc) is 2.69. The highest BCUT2D eigenvalue weighted by Gasteiger charge is 2.30. The van der Waals surface area contributed by atoms with Gasteiger partial charge in [-0.25, -0.2) is 0 Å². The minimum absolute atomic E-state index is 0.167. The molecule has 29 heavy (non-hydrogen) atoms. The number of halogens is 3. The Hall–Kier alpha value is -3.69. The van der Waals surface area contributed by atoms with Gasteiger partial charge in [-0.15, -0.1) is 0 Å². The molecule has 0 saturated heterocycles. The van der Waals surface area contributed by atoms with Gasteiger partial charge in [0.25, 0.3) is 11.8 Å². The highest BCUT2D eigenvalue weighted by molar-refractivity contribution is 5.81. The van der Waals surface area contributed by atoms with E-state index in [1.54, 1.807) is 24.3 Å². The molecule has 0 saturated carbocycles. The summed E-state index contributed by atoms with van der Waals surface area (Å²) >= 11 is 0. The molecule has 0 aliphatic heterocycles. The molecule has 5 N–H and O–H groups in total. The molecule has 10 heteroatoms. The molecule has 2 aromatic rings. The van der Waals surface area contributed by atoms with Crippen LogP contribution in [0.3, 0.4) is 0 Å². The predicted molar refractivity (Wildman–Crippen MR) is 101 cm³/mol. The first-order chi connectivity index (χ1) is 13.6. The van der Waals surface area contributed by atoms with Gasteiger partial charge in [0.15, 0.2) is 6.61 Å². The molecule has 154 valence electrons. The van der Waals surface area contributed by atoms with Gasteiger partial charge in [-0.2, -0.15) is 13.2 Å². The van der Waals surface area contributed by atoms with Crippen molar-refractivity contribution in [2.75, 3.05) is 18.5 Å². The third kappa shape index (κ3) is 7.09. The van der Waals surface area contributed by atoms with E-state index in [0.717, 1.165) is 12.1 Å². The van der Waals surface area contributed by atoms with Crippen LogP contribution in [0, 0.1) is 0 Å². The zero-order valence-electron chi connectivity index (χ0n) is 15.2. The van der Waals surface area contributed by atoms with Gasteiger partial charge in [-0.05, 0) is 48.0 Å². The molecule has 0 fully saturated rings. The van der Waals surface area contributed by atoms with Crippen LogP contribution in [0.1, 0.15) is 11.1 Å². The van der Waals surface area contributed by atoms with Crippen molar-refractivity contribution in [3.63, 3.8) is 0 Å². The highest BCUT2D eigenvalue weighted by atomic mass is 19.4. The summed E-state index contributed by atoms with van der Waals surface area (Å²) < 4.78 is 43.2. The molecule has 2 rings (SSSR count). The number of carbonyl (C=O) groups excluding carboxylic acids is 2. The first kappa shape index (κ1) is 21.6. The number of ether oxygens (including phenoxy) is 1. The number of primary amides is 1. The monoisotopic (exact) mass is 408 g/mol. The fourth-order valence-corrected chi connectivity index (χ4v) is 2.16. The molecular weight excluding hydrogens is 389 g/mol. The summed E-state index contributed by atoms with van der Waals surface area (Å²) in [6.45, 7) is 3.28. The number of hydrogen-bond donors (Lipinski definition) is 4. The van der Waals surface area contributed by atoms with Crippen LogP contribution in [-0.2, 0) is 15.8 Å². The molecule has 0 aliphatic carbocycles. The van der Waals surface area contributed by atoms with Gasteiger partial charge < -0.3 is 15.8 Å². The number of rotatable bonds is 9. The third-order valence-electron chi connectivity index (χ3n) is 3.58. The van der Waals surface area contributed by atoms with Crippen LogP contribution in [0.15, 0.2) is 55.1 Å². The van der Waals surface area contributed by atoms with Gasteiger partial charge in [0.2, 0.25) is 0 Å². The largest absolute Gasteiger partial charge is 0.484 e. The molecule has 0 heterocycles. The third-order valence-corrected chi connectivity index (χ3v) is 3.58. The van der Waals surface area contributed by atoms with E-state index in [4.69, 9.17) is 10.5 Å². The minimum atomic E-state index is -4.46. The first-order valence-corrected chi connectivity index (χ1v) is 8.31. The standard InChI is InChI=1S/C19H19F3N4O3/c1-12(13-5-7-16(8-6-13)29-11-17(23)27)25-26-18(28)10-24-15-4-2-3-14(9-15)19(20,21)22/h2-9,24-25H,1,10-11H2,(H2,23,27)(H,26,28). The molecule has 0 spiro atoms. The summed E-state index contributed by atoms with van der Waals surface area (Å²) in [5, 5.41) is 2.62. The van der Waals surface area contributed by atoms with Gasteiger partial charge in [0.1, 0.15) is 5.75 Å². The van der Waals surface area contributed by atoms with E-state index in [1.807, 2.05) is 0 Å². The first-order valence-electron chi connectivity index (χ1n) is 8.31. The fourth-order valence-electron chi connectivity index (χ4n) is 2.16. The number of anilines is 1. The Labute approximate surface area is 164 Å². The molecule has 0 aromatic heterocycles. The number of nitrogens with two attached hydrogens (primary N) is 1. The number of hydrogen-bond acceptors (Lipinski definition) is 5. The van der Waals surface area contributed by atoms with Crippen LogP contribution >= 0.6 is 0 Å². The summed E-state index contributed by atoms with van der Waals surface area (Å²) in [6, 6.07) is 11.0. The van der Waals surface area contributed by atoms with Crippen molar-refractivity contribution in [3.05, 3.63) is 66.2 Å². The predicted octanol–water partition coefficient (Wildman–Crippen LogP) is 2.27. The van der Waals surface area contributed by atoms with Gasteiger partial charge in [0.05, 0.1) is 17.8 Å². The lowest BCUT2D eigenvalue weighted by Crippen LogP contribution is -2.39. The van der Waals surface area contributed by atoms with Crippen LogP contribution in [0.2, 0.25) is 0 Å². The number of carbonyl (C=O) groups is 2. The van der Waals surface area contributed by atoms with Gasteiger partial charge in [-0.1, -0.05) is 12.6 Å². The Morgan fingerprint density at radius 1 is 1.07 bits per heavy atom. The Kier molecular flexibility index (Phi) is 7.07. The lowest BCUT2D eigenvalue weighted by molar-refractivity contribution is -0.137. The normalized spacial score (nSPS) is 10.7. The van der Waals surface area contributed by atoms with Gasteiger partial charge >= 0.3 is 6.18 Å².